The summed E-state index contributed by atoms with van der Waals surface area (Å²) in [5.41, 5.74) is 3.18. The van der Waals surface area contributed by atoms with Crippen molar-refractivity contribution in [3.63, 3.8) is 0 Å². The minimum absolute atomic E-state index is 0.282. The molecule has 0 aliphatic heterocycles. The first-order chi connectivity index (χ1) is 9.49. The molecular weight excluding hydrogens is 266 g/mol. The Morgan fingerprint density at radius 3 is 2.75 bits per heavy atom. The molecule has 2 unspecified atom stereocenters. The Morgan fingerprint density at radius 1 is 1.35 bits per heavy atom. The minimum Gasteiger partial charge on any atom is -0.307 e. The van der Waals surface area contributed by atoms with Crippen LogP contribution in [-0.2, 0) is 6.42 Å². The smallest absolute Gasteiger partial charge is 0.0409 e. The number of nitrogens with one attached hydrogen (secondary N) is 1. The summed E-state index contributed by atoms with van der Waals surface area (Å²) < 4.78 is 0. The predicted molar refractivity (Wildman–Crippen MR) is 86.2 cm³/mol. The predicted octanol–water partition coefficient (Wildman–Crippen LogP) is 5.13. The number of hydrogen-bond donors (Lipinski definition) is 1. The van der Waals surface area contributed by atoms with E-state index in [9.17, 15) is 0 Å². The van der Waals surface area contributed by atoms with E-state index in [0.717, 1.165) is 17.4 Å². The molecule has 0 radical (unpaired) electrons. The lowest BCUT2D eigenvalue weighted by atomic mass is 9.84. The average molecular weight is 292 g/mol. The topological polar surface area (TPSA) is 12.0 Å². The van der Waals surface area contributed by atoms with Crippen LogP contribution in [0.1, 0.15) is 63.6 Å². The van der Waals surface area contributed by atoms with Gasteiger partial charge in [0.1, 0.15) is 0 Å². The fraction of sp³-hybridized carbons (Fsp3) is 0.667. The first-order valence-electron chi connectivity index (χ1n) is 8.04. The SMILES string of the molecule is CCC(CC1CC1)NC1c2cc(Cl)ccc2CC1(C)C. The zero-order valence-corrected chi connectivity index (χ0v) is 13.6. The summed E-state index contributed by atoms with van der Waals surface area (Å²) in [6, 6.07) is 7.51. The Balaban J connectivity index is 1.81. The maximum Gasteiger partial charge on any atom is 0.0409 e. The second-order valence-electron chi connectivity index (χ2n) is 7.39. The van der Waals surface area contributed by atoms with Gasteiger partial charge in [0.15, 0.2) is 0 Å². The van der Waals surface area contributed by atoms with Crippen LogP contribution in [0.15, 0.2) is 18.2 Å². The molecule has 1 fully saturated rings. The van der Waals surface area contributed by atoms with E-state index in [0.29, 0.717) is 12.1 Å². The highest BCUT2D eigenvalue weighted by Gasteiger charge is 2.40. The molecule has 0 amide bonds. The van der Waals surface area contributed by atoms with Gasteiger partial charge in [0, 0.05) is 17.1 Å². The fourth-order valence-corrected chi connectivity index (χ4v) is 3.85. The highest BCUT2D eigenvalue weighted by atomic mass is 35.5. The third-order valence-electron chi connectivity index (χ3n) is 5.06. The van der Waals surface area contributed by atoms with Crippen LogP contribution in [0, 0.1) is 11.3 Å². The molecular formula is C18H26ClN. The van der Waals surface area contributed by atoms with Crippen LogP contribution >= 0.6 is 11.6 Å². The number of benzene rings is 1. The first-order valence-corrected chi connectivity index (χ1v) is 8.42. The maximum absolute atomic E-state index is 6.22. The number of hydrogen-bond acceptors (Lipinski definition) is 1. The van der Waals surface area contributed by atoms with Crippen LogP contribution < -0.4 is 5.32 Å². The van der Waals surface area contributed by atoms with Gasteiger partial charge in [-0.05, 0) is 53.9 Å². The lowest BCUT2D eigenvalue weighted by Crippen LogP contribution is -2.38. The van der Waals surface area contributed by atoms with Gasteiger partial charge in [-0.1, -0.05) is 51.3 Å². The minimum atomic E-state index is 0.282. The molecule has 2 heteroatoms. The van der Waals surface area contributed by atoms with Crippen molar-refractivity contribution in [3.8, 4) is 0 Å². The van der Waals surface area contributed by atoms with Crippen LogP contribution in [0.2, 0.25) is 5.02 Å². The molecule has 0 spiro atoms. The van der Waals surface area contributed by atoms with Crippen LogP contribution in [0.5, 0.6) is 0 Å². The summed E-state index contributed by atoms with van der Waals surface area (Å²) >= 11 is 6.22. The monoisotopic (exact) mass is 291 g/mol. The van der Waals surface area contributed by atoms with Crippen molar-refractivity contribution in [1.82, 2.24) is 5.32 Å². The average Bonchev–Trinajstić information content (AvgIpc) is 3.16. The van der Waals surface area contributed by atoms with E-state index < -0.39 is 0 Å². The highest BCUT2D eigenvalue weighted by Crippen LogP contribution is 2.46. The third kappa shape index (κ3) is 2.89. The molecule has 1 nitrogen and oxygen atoms in total. The Hall–Kier alpha value is -0.530. The van der Waals surface area contributed by atoms with E-state index in [2.05, 4.69) is 38.2 Å². The molecule has 1 aromatic rings. The van der Waals surface area contributed by atoms with Gasteiger partial charge in [0.25, 0.3) is 0 Å². The fourth-order valence-electron chi connectivity index (χ4n) is 3.67. The van der Waals surface area contributed by atoms with Crippen molar-refractivity contribution in [1.29, 1.82) is 0 Å². The van der Waals surface area contributed by atoms with Crippen molar-refractivity contribution in [3.05, 3.63) is 34.3 Å². The molecule has 20 heavy (non-hydrogen) atoms. The molecule has 1 N–H and O–H groups in total. The first kappa shape index (κ1) is 14.4. The van der Waals surface area contributed by atoms with Crippen molar-refractivity contribution < 1.29 is 0 Å². The normalized spacial score (nSPS) is 25.5. The summed E-state index contributed by atoms with van der Waals surface area (Å²) in [5, 5.41) is 4.82. The Kier molecular flexibility index (Phi) is 3.85. The van der Waals surface area contributed by atoms with Gasteiger partial charge in [-0.2, -0.15) is 0 Å². The number of halogens is 1. The maximum atomic E-state index is 6.22. The zero-order valence-electron chi connectivity index (χ0n) is 12.9. The third-order valence-corrected chi connectivity index (χ3v) is 5.29. The Bertz CT molecular complexity index is 490. The Morgan fingerprint density at radius 2 is 2.10 bits per heavy atom. The van der Waals surface area contributed by atoms with Crippen LogP contribution in [-0.4, -0.2) is 6.04 Å². The van der Waals surface area contributed by atoms with E-state index >= 15 is 0 Å². The largest absolute Gasteiger partial charge is 0.307 e. The molecule has 2 aliphatic carbocycles. The standard InChI is InChI=1S/C18H26ClN/c1-4-15(9-12-5-6-12)20-17-16-10-14(19)8-7-13(16)11-18(17,2)3/h7-8,10,12,15,17,20H,4-6,9,11H2,1-3H3. The van der Waals surface area contributed by atoms with Crippen molar-refractivity contribution >= 4 is 11.6 Å². The zero-order chi connectivity index (χ0) is 14.3. The van der Waals surface area contributed by atoms with Gasteiger partial charge in [-0.3, -0.25) is 0 Å². The van der Waals surface area contributed by atoms with E-state index in [-0.39, 0.29) is 5.41 Å². The second kappa shape index (κ2) is 5.35. The molecule has 1 aromatic carbocycles. The van der Waals surface area contributed by atoms with Gasteiger partial charge >= 0.3 is 0 Å². The van der Waals surface area contributed by atoms with E-state index in [1.165, 1.54) is 36.8 Å². The van der Waals surface area contributed by atoms with Crippen LogP contribution in [0.25, 0.3) is 0 Å². The summed E-state index contributed by atoms with van der Waals surface area (Å²) in [7, 11) is 0. The van der Waals surface area contributed by atoms with E-state index in [1.54, 1.807) is 0 Å². The molecule has 3 rings (SSSR count). The summed E-state index contributed by atoms with van der Waals surface area (Å²) in [6.07, 6.45) is 6.60. The molecule has 110 valence electrons. The van der Waals surface area contributed by atoms with Crippen molar-refractivity contribution in [2.45, 2.75) is 65.0 Å². The lowest BCUT2D eigenvalue weighted by molar-refractivity contribution is 0.237. The van der Waals surface area contributed by atoms with E-state index in [1.807, 2.05) is 6.07 Å². The summed E-state index contributed by atoms with van der Waals surface area (Å²) in [6.45, 7) is 7.06. The summed E-state index contributed by atoms with van der Waals surface area (Å²) in [5.74, 6) is 0.982. The Labute approximate surface area is 128 Å². The van der Waals surface area contributed by atoms with Gasteiger partial charge in [0.2, 0.25) is 0 Å². The molecule has 0 bridgehead atoms. The van der Waals surface area contributed by atoms with E-state index in [4.69, 9.17) is 11.6 Å². The molecule has 1 saturated carbocycles. The number of fused-ring (bicyclic) bond motifs is 1. The molecule has 2 atom stereocenters. The van der Waals surface area contributed by atoms with Crippen LogP contribution in [0.4, 0.5) is 0 Å². The van der Waals surface area contributed by atoms with Gasteiger partial charge < -0.3 is 5.32 Å². The van der Waals surface area contributed by atoms with Crippen molar-refractivity contribution in [2.75, 3.05) is 0 Å². The number of rotatable bonds is 5. The highest BCUT2D eigenvalue weighted by molar-refractivity contribution is 6.30. The molecule has 2 aliphatic rings. The summed E-state index contributed by atoms with van der Waals surface area (Å²) in [4.78, 5) is 0. The molecule has 0 heterocycles. The van der Waals surface area contributed by atoms with Crippen molar-refractivity contribution in [2.24, 2.45) is 11.3 Å². The van der Waals surface area contributed by atoms with Crippen LogP contribution in [0.3, 0.4) is 0 Å². The molecule has 0 aromatic heterocycles. The quantitative estimate of drug-likeness (QED) is 0.793. The van der Waals surface area contributed by atoms with Gasteiger partial charge in [0.05, 0.1) is 0 Å². The lowest BCUT2D eigenvalue weighted by Gasteiger charge is -2.32. The van der Waals surface area contributed by atoms with Gasteiger partial charge in [-0.15, -0.1) is 0 Å². The second-order valence-corrected chi connectivity index (χ2v) is 7.83. The molecule has 0 saturated heterocycles. The van der Waals surface area contributed by atoms with Gasteiger partial charge in [-0.25, -0.2) is 0 Å².